The van der Waals surface area contributed by atoms with E-state index in [0.717, 1.165) is 150 Å². The number of hydrogen-bond acceptors (Lipinski definition) is 14. The van der Waals surface area contributed by atoms with Gasteiger partial charge in [0.25, 0.3) is 17.7 Å². The molecule has 3 N–H and O–H groups in total. The van der Waals surface area contributed by atoms with Gasteiger partial charge in [-0.1, -0.05) is 98.9 Å². The molecular formula is C87H111BBrN3O17. The van der Waals surface area contributed by atoms with Crippen molar-refractivity contribution in [3.05, 3.63) is 165 Å². The number of carboxylic acids is 3. The number of carbonyl (C=O) groups excluding carboxylic acids is 3. The van der Waals surface area contributed by atoms with Gasteiger partial charge in [-0.25, -0.2) is 14.4 Å². The molecule has 7 aliphatic heterocycles. The van der Waals surface area contributed by atoms with Gasteiger partial charge in [-0.2, -0.15) is 0 Å². The lowest BCUT2D eigenvalue weighted by molar-refractivity contribution is -0.143. The van der Waals surface area contributed by atoms with E-state index in [1.54, 1.807) is 56.7 Å². The SMILES string of the molecule is C.C.C.COc1ccc(C(=O)O)cc1-c1ccc([C@@H]2CC23CCN(C(=O)[C@H]2CCCO2)CC3)cc1.COc1ccc(C(=O)O)cc1-c1ccc([C@H]2CC23CCN(C(=O)[C@H]2CCCO2)CC3)cc1.COc1ccc(C(=O)O)cc1B1OC(C)(C)C(C)(C)O1.O=C([C@H]1CCCO1)N1CCC2(CC1)CC2c1ccc(Br)cc1. The van der Waals surface area contributed by atoms with Crippen LogP contribution in [0.5, 0.6) is 17.2 Å². The van der Waals surface area contributed by atoms with Gasteiger partial charge in [0.15, 0.2) is 0 Å². The fourth-order valence-electron chi connectivity index (χ4n) is 17.2. The molecule has 3 spiro atoms. The monoisotopic (exact) mass is 1560 g/mol. The molecule has 1 unspecified atom stereocenters. The summed E-state index contributed by atoms with van der Waals surface area (Å²) in [5.74, 6) is 1.32. The molecule has 10 fully saturated rings. The smallest absolute Gasteiger partial charge is 0.497 e. The molecule has 3 amide bonds. The number of likely N-dealkylation sites (tertiary alicyclic amines) is 3. The Hall–Kier alpha value is -8.12. The molecule has 6 atom stereocenters. The first-order chi connectivity index (χ1) is 50.9. The minimum Gasteiger partial charge on any atom is -0.497 e. The number of rotatable bonds is 15. The van der Waals surface area contributed by atoms with Gasteiger partial charge in [0.1, 0.15) is 35.6 Å². The zero-order valence-corrected chi connectivity index (χ0v) is 63.5. The van der Waals surface area contributed by atoms with Crippen LogP contribution in [0.2, 0.25) is 0 Å². The van der Waals surface area contributed by atoms with Crippen molar-refractivity contribution in [1.82, 2.24) is 14.7 Å². The number of methoxy groups -OCH3 is 3. The molecule has 0 bridgehead atoms. The molecule has 20 nitrogen and oxygen atoms in total. The van der Waals surface area contributed by atoms with E-state index in [2.05, 4.69) is 88.7 Å². The Morgan fingerprint density at radius 2 is 0.716 bits per heavy atom. The second-order valence-electron chi connectivity index (χ2n) is 31.4. The first-order valence-corrected chi connectivity index (χ1v) is 38.4. The summed E-state index contributed by atoms with van der Waals surface area (Å²) in [5.41, 5.74) is 8.93. The summed E-state index contributed by atoms with van der Waals surface area (Å²) in [4.78, 5) is 77.6. The molecule has 22 heteroatoms. The molecule has 16 rings (SSSR count). The van der Waals surface area contributed by atoms with E-state index in [4.69, 9.17) is 42.8 Å². The predicted octanol–water partition coefficient (Wildman–Crippen LogP) is 16.0. The zero-order chi connectivity index (χ0) is 74.9. The number of carbonyl (C=O) groups is 6. The molecule has 7 saturated heterocycles. The summed E-state index contributed by atoms with van der Waals surface area (Å²) in [7, 11) is 4.08. The summed E-state index contributed by atoms with van der Waals surface area (Å²) >= 11 is 3.50. The number of ether oxygens (including phenoxy) is 6. The predicted molar refractivity (Wildman–Crippen MR) is 425 cm³/mol. The lowest BCUT2D eigenvalue weighted by atomic mass is 9.77. The molecule has 586 valence electrons. The Bertz CT molecular complexity index is 4000. The molecule has 3 saturated carbocycles. The van der Waals surface area contributed by atoms with Crippen LogP contribution >= 0.6 is 15.9 Å². The number of aromatic carboxylic acids is 3. The minimum atomic E-state index is -0.995. The molecule has 0 radical (unpaired) electrons. The minimum absolute atomic E-state index is 0. The van der Waals surface area contributed by atoms with Crippen LogP contribution in [0.25, 0.3) is 22.3 Å². The lowest BCUT2D eigenvalue weighted by Gasteiger charge is -2.34. The first kappa shape index (κ1) is 83.4. The third-order valence-corrected chi connectivity index (χ3v) is 25.3. The number of hydrogen-bond donors (Lipinski definition) is 3. The summed E-state index contributed by atoms with van der Waals surface area (Å²) in [6.45, 7) is 15.1. The van der Waals surface area contributed by atoms with Crippen molar-refractivity contribution in [1.29, 1.82) is 0 Å². The summed E-state index contributed by atoms with van der Waals surface area (Å²) in [6, 6.07) is 40.1. The van der Waals surface area contributed by atoms with Gasteiger partial charge >= 0.3 is 25.0 Å². The summed E-state index contributed by atoms with van der Waals surface area (Å²) in [5, 5.41) is 27.8. The maximum Gasteiger partial charge on any atom is 0.498 e. The van der Waals surface area contributed by atoms with E-state index in [-0.39, 0.29) is 75.0 Å². The van der Waals surface area contributed by atoms with Gasteiger partial charge in [0.05, 0.1) is 49.2 Å². The summed E-state index contributed by atoms with van der Waals surface area (Å²) in [6.07, 6.45) is 15.1. The lowest BCUT2D eigenvalue weighted by Crippen LogP contribution is -2.44. The quantitative estimate of drug-likeness (QED) is 0.0809. The Kier molecular flexibility index (Phi) is 26.5. The van der Waals surface area contributed by atoms with Crippen molar-refractivity contribution in [2.24, 2.45) is 16.2 Å². The molecule has 10 aliphatic rings. The second-order valence-corrected chi connectivity index (χ2v) is 32.3. The van der Waals surface area contributed by atoms with Crippen LogP contribution < -0.4 is 19.7 Å². The third kappa shape index (κ3) is 18.1. The van der Waals surface area contributed by atoms with Crippen molar-refractivity contribution in [2.45, 2.75) is 194 Å². The van der Waals surface area contributed by atoms with Gasteiger partial charge in [-0.15, -0.1) is 0 Å². The van der Waals surface area contributed by atoms with Crippen molar-refractivity contribution >= 4 is 64.1 Å². The molecule has 3 aliphatic carbocycles. The van der Waals surface area contributed by atoms with E-state index in [9.17, 15) is 39.0 Å². The number of benzene rings is 6. The van der Waals surface area contributed by atoms with E-state index < -0.39 is 36.2 Å². The number of piperidine rings is 3. The maximum absolute atomic E-state index is 12.6. The van der Waals surface area contributed by atoms with Gasteiger partial charge in [0, 0.05) is 80.2 Å². The van der Waals surface area contributed by atoms with Gasteiger partial charge in [0.2, 0.25) is 0 Å². The molecular weight excluding hydrogens is 1450 g/mol. The average Bonchev–Trinajstić information content (AvgIpc) is 1.58. The summed E-state index contributed by atoms with van der Waals surface area (Å²) < 4.78 is 45.9. The average molecular weight is 1560 g/mol. The number of carboxylic acid groups (broad SMARTS) is 3. The number of amides is 3. The van der Waals surface area contributed by atoms with Crippen LogP contribution in [0, 0.1) is 16.2 Å². The van der Waals surface area contributed by atoms with Crippen LogP contribution in [0.3, 0.4) is 0 Å². The fraction of sp³-hybridized carbons (Fsp3) is 0.517. The van der Waals surface area contributed by atoms with E-state index >= 15 is 0 Å². The van der Waals surface area contributed by atoms with E-state index in [1.165, 1.54) is 55.2 Å². The Balaban J connectivity index is 0.000000156. The maximum atomic E-state index is 12.6. The fourth-order valence-corrected chi connectivity index (χ4v) is 17.5. The van der Waals surface area contributed by atoms with Gasteiger partial charge in [-0.3, -0.25) is 14.4 Å². The molecule has 6 aromatic rings. The number of nitrogens with zero attached hydrogens (tertiary/aromatic N) is 3. The molecule has 109 heavy (non-hydrogen) atoms. The highest BCUT2D eigenvalue weighted by Crippen LogP contribution is 2.67. The van der Waals surface area contributed by atoms with Crippen molar-refractivity contribution < 1.29 is 81.8 Å². The number of halogens is 1. The topological polar surface area (TPSA) is 247 Å². The van der Waals surface area contributed by atoms with Crippen LogP contribution in [0.15, 0.2) is 132 Å². The Morgan fingerprint density at radius 1 is 0.422 bits per heavy atom. The highest BCUT2D eigenvalue weighted by Gasteiger charge is 2.59. The van der Waals surface area contributed by atoms with Crippen LogP contribution in [-0.4, -0.2) is 183 Å². The molecule has 6 aromatic carbocycles. The standard InChI is InChI=1S/2C26H29NO5.C18H22BrNO2.C14H19BO5.3CH4/c2*1-31-22-9-8-19(25(29)30)15-20(22)17-4-6-18(7-5-17)21-16-26(21)10-12-27(13-11-26)24(28)23-3-2-14-32-23;19-14-5-3-13(4-6-14)15-12-18(15)7-9-20(10-8-18)17(21)16-2-1-11-22-16;1-13(2)14(3,4)20-15(19-13)10-8-9(12(16)17)6-7-11(10)18-5;;;/h2*4-9,15,21,23H,2-3,10-14,16H2,1H3,(H,29,30);3-6,15-16H,1-2,7-12H2;6-8H,1-5H3,(H,16,17);3*1H4/t21-,23+;21-,23-;15?,16-;;;;/m011..../s1. The Labute approximate surface area is 652 Å². The van der Waals surface area contributed by atoms with Crippen LogP contribution in [0.4, 0.5) is 0 Å². The molecule has 7 heterocycles. The van der Waals surface area contributed by atoms with Crippen molar-refractivity contribution in [3.63, 3.8) is 0 Å². The van der Waals surface area contributed by atoms with Crippen LogP contribution in [-0.2, 0) is 37.9 Å². The highest BCUT2D eigenvalue weighted by atomic mass is 79.9. The first-order valence-electron chi connectivity index (χ1n) is 37.6. The van der Waals surface area contributed by atoms with Crippen molar-refractivity contribution in [2.75, 3.05) is 80.4 Å². The normalized spacial score (nSPS) is 23.7. The largest absolute Gasteiger partial charge is 0.498 e. The van der Waals surface area contributed by atoms with Gasteiger partial charge in [-0.05, 0) is 253 Å². The molecule has 0 aromatic heterocycles. The van der Waals surface area contributed by atoms with E-state index in [1.807, 2.05) is 42.4 Å². The van der Waals surface area contributed by atoms with Crippen molar-refractivity contribution in [3.8, 4) is 39.5 Å². The second kappa shape index (κ2) is 34.7. The third-order valence-electron chi connectivity index (χ3n) is 24.8. The van der Waals surface area contributed by atoms with Crippen LogP contribution in [0.1, 0.15) is 212 Å². The Morgan fingerprint density at radius 3 is 1.00 bits per heavy atom. The highest BCUT2D eigenvalue weighted by molar-refractivity contribution is 9.10. The van der Waals surface area contributed by atoms with E-state index in [0.29, 0.717) is 69.9 Å². The zero-order valence-electron chi connectivity index (χ0n) is 61.9. The van der Waals surface area contributed by atoms with Gasteiger partial charge < -0.3 is 67.7 Å².